The van der Waals surface area contributed by atoms with Gasteiger partial charge in [-0.15, -0.1) is 0 Å². The van der Waals surface area contributed by atoms with Crippen molar-refractivity contribution in [2.75, 3.05) is 0 Å². The van der Waals surface area contributed by atoms with Crippen LogP contribution in [0, 0.1) is 18.8 Å². The minimum atomic E-state index is 0.0744. The summed E-state index contributed by atoms with van der Waals surface area (Å²) in [5.41, 5.74) is 1.70. The first-order chi connectivity index (χ1) is 13.0. The van der Waals surface area contributed by atoms with Crippen molar-refractivity contribution in [3.05, 3.63) is 52.1 Å². The highest BCUT2D eigenvalue weighted by Gasteiger charge is 2.31. The highest BCUT2D eigenvalue weighted by atomic mass is 32.2. The van der Waals surface area contributed by atoms with E-state index < -0.39 is 0 Å². The molecule has 2 aromatic heterocycles. The van der Waals surface area contributed by atoms with Gasteiger partial charge in [0.05, 0.1) is 16.6 Å². The Kier molecular flexibility index (Phi) is 5.08. The Bertz CT molecular complexity index is 1010. The van der Waals surface area contributed by atoms with Gasteiger partial charge in [-0.25, -0.2) is 4.98 Å². The smallest absolute Gasteiger partial charge is 0.262 e. The predicted molar refractivity (Wildman–Crippen MR) is 108 cm³/mol. The number of hydrogen-bond donors (Lipinski definition) is 0. The molecule has 1 aliphatic carbocycles. The molecule has 0 spiro atoms. The van der Waals surface area contributed by atoms with Crippen LogP contribution in [-0.2, 0) is 5.75 Å². The molecule has 1 aromatic carbocycles. The first-order valence-corrected chi connectivity index (χ1v) is 10.6. The van der Waals surface area contributed by atoms with Crippen LogP contribution in [-0.4, -0.2) is 14.7 Å². The van der Waals surface area contributed by atoms with Gasteiger partial charge in [-0.1, -0.05) is 55.7 Å². The molecule has 5 nitrogen and oxygen atoms in total. The Hall–Kier alpha value is -2.08. The fourth-order valence-electron chi connectivity index (χ4n) is 4.06. The van der Waals surface area contributed by atoms with E-state index in [9.17, 15) is 4.79 Å². The molecular weight excluding hydrogens is 358 g/mol. The summed E-state index contributed by atoms with van der Waals surface area (Å²) < 4.78 is 7.13. The van der Waals surface area contributed by atoms with E-state index in [0.717, 1.165) is 35.0 Å². The van der Waals surface area contributed by atoms with Crippen molar-refractivity contribution in [1.29, 1.82) is 0 Å². The molecule has 27 heavy (non-hydrogen) atoms. The van der Waals surface area contributed by atoms with E-state index in [2.05, 4.69) is 19.0 Å². The SMILES string of the molecule is Cc1cc(CSc2nc3ccccc3c(=O)n2C2CCCC(C)C2C)no1. The number of aromatic nitrogens is 3. The van der Waals surface area contributed by atoms with E-state index in [1.165, 1.54) is 6.42 Å². The summed E-state index contributed by atoms with van der Waals surface area (Å²) in [5, 5.41) is 5.56. The van der Waals surface area contributed by atoms with E-state index in [0.29, 0.717) is 23.0 Å². The van der Waals surface area contributed by atoms with Gasteiger partial charge < -0.3 is 4.52 Å². The Balaban J connectivity index is 1.78. The Morgan fingerprint density at radius 1 is 1.26 bits per heavy atom. The van der Waals surface area contributed by atoms with Gasteiger partial charge in [-0.3, -0.25) is 9.36 Å². The van der Waals surface area contributed by atoms with Crippen LogP contribution in [0.5, 0.6) is 0 Å². The molecule has 2 heterocycles. The van der Waals surface area contributed by atoms with Crippen molar-refractivity contribution < 1.29 is 4.52 Å². The summed E-state index contributed by atoms with van der Waals surface area (Å²) in [7, 11) is 0. The Morgan fingerprint density at radius 3 is 2.85 bits per heavy atom. The van der Waals surface area contributed by atoms with Gasteiger partial charge in [-0.2, -0.15) is 0 Å². The molecule has 4 rings (SSSR count). The molecular formula is C21H25N3O2S. The zero-order chi connectivity index (χ0) is 19.0. The van der Waals surface area contributed by atoms with Gasteiger partial charge in [0.25, 0.3) is 5.56 Å². The van der Waals surface area contributed by atoms with E-state index in [4.69, 9.17) is 9.51 Å². The standard InChI is InChI=1S/C21H25N3O2S/c1-13-7-6-10-19(15(13)3)24-20(25)17-8-4-5-9-18(17)22-21(24)27-12-16-11-14(2)26-23-16/h4-5,8-9,11,13,15,19H,6-7,10,12H2,1-3H3. The maximum atomic E-state index is 13.4. The van der Waals surface area contributed by atoms with Crippen molar-refractivity contribution in [2.45, 2.75) is 57.0 Å². The zero-order valence-corrected chi connectivity index (χ0v) is 16.8. The van der Waals surface area contributed by atoms with Crippen molar-refractivity contribution in [3.8, 4) is 0 Å². The van der Waals surface area contributed by atoms with E-state index in [-0.39, 0.29) is 11.6 Å². The first-order valence-electron chi connectivity index (χ1n) is 9.61. The van der Waals surface area contributed by atoms with Crippen LogP contribution in [0.3, 0.4) is 0 Å². The molecule has 0 bridgehead atoms. The lowest BCUT2D eigenvalue weighted by Gasteiger charge is -2.36. The van der Waals surface area contributed by atoms with Gasteiger partial charge in [0, 0.05) is 17.9 Å². The maximum Gasteiger partial charge on any atom is 0.262 e. The number of nitrogens with zero attached hydrogens (tertiary/aromatic N) is 3. The van der Waals surface area contributed by atoms with E-state index in [1.54, 1.807) is 11.8 Å². The van der Waals surface area contributed by atoms with Crippen LogP contribution < -0.4 is 5.56 Å². The molecule has 6 heteroatoms. The van der Waals surface area contributed by atoms with E-state index >= 15 is 0 Å². The molecule has 0 N–H and O–H groups in total. The third-order valence-electron chi connectivity index (χ3n) is 5.80. The largest absolute Gasteiger partial charge is 0.361 e. The summed E-state index contributed by atoms with van der Waals surface area (Å²) in [6, 6.07) is 9.76. The second-order valence-corrected chi connectivity index (χ2v) is 8.58. The average molecular weight is 384 g/mol. The van der Waals surface area contributed by atoms with Gasteiger partial charge in [0.1, 0.15) is 5.76 Å². The van der Waals surface area contributed by atoms with Crippen molar-refractivity contribution in [2.24, 2.45) is 11.8 Å². The molecule has 3 aromatic rings. The molecule has 0 radical (unpaired) electrons. The first kappa shape index (κ1) is 18.3. The lowest BCUT2D eigenvalue weighted by molar-refractivity contribution is 0.173. The van der Waals surface area contributed by atoms with Crippen molar-refractivity contribution in [1.82, 2.24) is 14.7 Å². The van der Waals surface area contributed by atoms with Gasteiger partial charge in [0.2, 0.25) is 0 Å². The molecule has 142 valence electrons. The van der Waals surface area contributed by atoms with Gasteiger partial charge in [0.15, 0.2) is 5.16 Å². The summed E-state index contributed by atoms with van der Waals surface area (Å²) >= 11 is 1.57. The minimum absolute atomic E-state index is 0.0744. The second kappa shape index (κ2) is 7.50. The number of para-hydroxylation sites is 1. The Morgan fingerprint density at radius 2 is 2.07 bits per heavy atom. The van der Waals surface area contributed by atoms with Crippen LogP contribution in [0.15, 0.2) is 44.8 Å². The quantitative estimate of drug-likeness (QED) is 0.469. The fraction of sp³-hybridized carbons (Fsp3) is 0.476. The number of fused-ring (bicyclic) bond motifs is 1. The van der Waals surface area contributed by atoms with Crippen LogP contribution in [0.1, 0.15) is 50.6 Å². The fourth-order valence-corrected chi connectivity index (χ4v) is 5.00. The predicted octanol–water partition coefficient (Wildman–Crippen LogP) is 4.98. The third-order valence-corrected chi connectivity index (χ3v) is 6.78. The lowest BCUT2D eigenvalue weighted by Crippen LogP contribution is -2.35. The third kappa shape index (κ3) is 3.55. The molecule has 0 amide bonds. The number of rotatable bonds is 4. The van der Waals surface area contributed by atoms with Crippen LogP contribution in [0.4, 0.5) is 0 Å². The molecule has 3 atom stereocenters. The topological polar surface area (TPSA) is 60.9 Å². The minimum Gasteiger partial charge on any atom is -0.361 e. The monoisotopic (exact) mass is 383 g/mol. The number of benzene rings is 1. The summed E-state index contributed by atoms with van der Waals surface area (Å²) in [5.74, 6) is 2.49. The lowest BCUT2D eigenvalue weighted by atomic mass is 9.78. The molecule has 1 aliphatic rings. The molecule has 0 saturated heterocycles. The van der Waals surface area contributed by atoms with Crippen molar-refractivity contribution in [3.63, 3.8) is 0 Å². The normalized spacial score (nSPS) is 23.0. The zero-order valence-electron chi connectivity index (χ0n) is 16.0. The van der Waals surface area contributed by atoms with Crippen LogP contribution in [0.25, 0.3) is 10.9 Å². The second-order valence-electron chi connectivity index (χ2n) is 7.64. The molecule has 1 saturated carbocycles. The van der Waals surface area contributed by atoms with Gasteiger partial charge >= 0.3 is 0 Å². The van der Waals surface area contributed by atoms with E-state index in [1.807, 2.05) is 41.8 Å². The van der Waals surface area contributed by atoms with Gasteiger partial charge in [-0.05, 0) is 37.3 Å². The van der Waals surface area contributed by atoms with Crippen LogP contribution in [0.2, 0.25) is 0 Å². The number of aryl methyl sites for hydroxylation is 1. The highest BCUT2D eigenvalue weighted by Crippen LogP contribution is 2.39. The summed E-state index contributed by atoms with van der Waals surface area (Å²) in [6.45, 7) is 6.45. The summed E-state index contributed by atoms with van der Waals surface area (Å²) in [4.78, 5) is 18.3. The summed E-state index contributed by atoms with van der Waals surface area (Å²) in [6.07, 6.45) is 3.41. The number of thioether (sulfide) groups is 1. The molecule has 1 fully saturated rings. The average Bonchev–Trinajstić information content (AvgIpc) is 3.08. The highest BCUT2D eigenvalue weighted by molar-refractivity contribution is 7.98. The maximum absolute atomic E-state index is 13.4. The molecule has 0 aliphatic heterocycles. The van der Waals surface area contributed by atoms with Crippen molar-refractivity contribution >= 4 is 22.7 Å². The molecule has 3 unspecified atom stereocenters. The van der Waals surface area contributed by atoms with Crippen LogP contribution >= 0.6 is 11.8 Å². The Labute approximate surface area is 163 Å². The number of hydrogen-bond acceptors (Lipinski definition) is 5.